The van der Waals surface area contributed by atoms with Gasteiger partial charge < -0.3 is 15.8 Å². The van der Waals surface area contributed by atoms with Crippen LogP contribution in [0.15, 0.2) is 53.6 Å². The second-order valence-corrected chi connectivity index (χ2v) is 5.77. The summed E-state index contributed by atoms with van der Waals surface area (Å²) in [5.41, 5.74) is 8.59. The molecule has 2 aromatic carbocycles. The summed E-state index contributed by atoms with van der Waals surface area (Å²) in [6.45, 7) is -0.0193. The van der Waals surface area contributed by atoms with Crippen LogP contribution in [-0.4, -0.2) is 30.5 Å². The molecule has 0 heterocycles. The van der Waals surface area contributed by atoms with Gasteiger partial charge in [-0.1, -0.05) is 23.7 Å². The molecule has 8 nitrogen and oxygen atoms in total. The topological polar surface area (TPSA) is 123 Å². The van der Waals surface area contributed by atoms with E-state index in [4.69, 9.17) is 22.1 Å². The van der Waals surface area contributed by atoms with E-state index >= 15 is 0 Å². The van der Waals surface area contributed by atoms with E-state index in [0.717, 1.165) is 5.56 Å². The molecular weight excluding hydrogens is 372 g/mol. The molecule has 0 atom stereocenters. The van der Waals surface area contributed by atoms with Gasteiger partial charge in [-0.05, 0) is 47.5 Å². The number of carbonyl (C=O) groups is 3. The number of primary amides is 1. The molecule has 0 fully saturated rings. The highest BCUT2D eigenvalue weighted by molar-refractivity contribution is 6.35. The lowest BCUT2D eigenvalue weighted by Gasteiger charge is -2.04. The Balaban J connectivity index is 1.77. The fourth-order valence-corrected chi connectivity index (χ4v) is 2.01. The third-order valence-corrected chi connectivity index (χ3v) is 3.47. The van der Waals surface area contributed by atoms with Crippen LogP contribution in [0.25, 0.3) is 0 Å². The number of hydrogen-bond acceptors (Lipinski definition) is 5. The summed E-state index contributed by atoms with van der Waals surface area (Å²) in [6, 6.07) is 13.4. The van der Waals surface area contributed by atoms with Crippen LogP contribution >= 0.6 is 11.6 Å². The monoisotopic (exact) mass is 388 g/mol. The van der Waals surface area contributed by atoms with E-state index in [-0.39, 0.29) is 13.2 Å². The summed E-state index contributed by atoms with van der Waals surface area (Å²) in [4.78, 5) is 34.0. The van der Waals surface area contributed by atoms with Gasteiger partial charge in [0.05, 0.1) is 6.21 Å². The van der Waals surface area contributed by atoms with Gasteiger partial charge in [0, 0.05) is 11.6 Å². The Hall–Kier alpha value is -3.39. The largest absolute Gasteiger partial charge is 0.484 e. The Bertz CT molecular complexity index is 835. The van der Waals surface area contributed by atoms with E-state index < -0.39 is 17.7 Å². The van der Waals surface area contributed by atoms with Crippen LogP contribution in [-0.2, 0) is 20.9 Å². The summed E-state index contributed by atoms with van der Waals surface area (Å²) in [5, 5.41) is 6.78. The normalized spacial score (nSPS) is 10.4. The zero-order valence-corrected chi connectivity index (χ0v) is 14.9. The molecule has 0 radical (unpaired) electrons. The number of rotatable bonds is 7. The Labute approximate surface area is 160 Å². The van der Waals surface area contributed by atoms with Crippen molar-refractivity contribution < 1.29 is 19.1 Å². The van der Waals surface area contributed by atoms with Gasteiger partial charge in [0.15, 0.2) is 6.61 Å². The number of nitrogens with one attached hydrogen (secondary N) is 2. The molecule has 0 aliphatic rings. The second-order valence-electron chi connectivity index (χ2n) is 5.33. The van der Waals surface area contributed by atoms with Crippen molar-refractivity contribution in [3.63, 3.8) is 0 Å². The van der Waals surface area contributed by atoms with Gasteiger partial charge >= 0.3 is 11.8 Å². The Kier molecular flexibility index (Phi) is 7.33. The zero-order chi connectivity index (χ0) is 19.6. The van der Waals surface area contributed by atoms with Crippen molar-refractivity contribution in [2.24, 2.45) is 10.8 Å². The highest BCUT2D eigenvalue weighted by atomic mass is 35.5. The van der Waals surface area contributed by atoms with Crippen LogP contribution in [0.2, 0.25) is 5.02 Å². The number of halogens is 1. The average Bonchev–Trinajstić information content (AvgIpc) is 2.66. The molecule has 27 heavy (non-hydrogen) atoms. The Morgan fingerprint density at radius 3 is 2.33 bits per heavy atom. The number of benzene rings is 2. The first-order valence-corrected chi connectivity index (χ1v) is 8.18. The maximum absolute atomic E-state index is 11.7. The number of hydrazone groups is 1. The van der Waals surface area contributed by atoms with Gasteiger partial charge in [-0.3, -0.25) is 14.4 Å². The minimum Gasteiger partial charge on any atom is -0.484 e. The van der Waals surface area contributed by atoms with Crippen molar-refractivity contribution in [1.29, 1.82) is 0 Å². The lowest BCUT2D eigenvalue weighted by atomic mass is 10.2. The molecule has 0 spiro atoms. The summed E-state index contributed by atoms with van der Waals surface area (Å²) in [5.74, 6) is -1.80. The molecule has 9 heteroatoms. The molecule has 0 aromatic heterocycles. The highest BCUT2D eigenvalue weighted by Crippen LogP contribution is 2.11. The molecule has 0 aliphatic carbocycles. The van der Waals surface area contributed by atoms with Crippen molar-refractivity contribution in [2.75, 3.05) is 6.61 Å². The number of carbonyl (C=O) groups excluding carboxylic acids is 3. The first-order chi connectivity index (χ1) is 12.9. The van der Waals surface area contributed by atoms with Crippen LogP contribution in [0, 0.1) is 0 Å². The molecule has 4 N–H and O–H groups in total. The third kappa shape index (κ3) is 7.17. The van der Waals surface area contributed by atoms with Crippen molar-refractivity contribution in [1.82, 2.24) is 10.7 Å². The molecule has 140 valence electrons. The van der Waals surface area contributed by atoms with Crippen LogP contribution in [0.4, 0.5) is 0 Å². The number of hydrogen-bond donors (Lipinski definition) is 3. The van der Waals surface area contributed by atoms with E-state index in [1.54, 1.807) is 48.5 Å². The predicted molar refractivity (Wildman–Crippen MR) is 100 cm³/mol. The maximum Gasteiger partial charge on any atom is 0.329 e. The van der Waals surface area contributed by atoms with Crippen LogP contribution in [0.3, 0.4) is 0 Å². The van der Waals surface area contributed by atoms with Gasteiger partial charge in [0.1, 0.15) is 5.75 Å². The number of ether oxygens (including phenoxy) is 1. The van der Waals surface area contributed by atoms with E-state index in [1.165, 1.54) is 6.21 Å². The molecule has 0 bridgehead atoms. The molecule has 2 aromatic rings. The first-order valence-electron chi connectivity index (χ1n) is 7.81. The maximum atomic E-state index is 11.7. The average molecular weight is 389 g/mol. The molecule has 0 saturated carbocycles. The van der Waals surface area contributed by atoms with Crippen molar-refractivity contribution >= 4 is 35.5 Å². The van der Waals surface area contributed by atoms with E-state index in [9.17, 15) is 14.4 Å². The van der Waals surface area contributed by atoms with Crippen molar-refractivity contribution in [2.45, 2.75) is 6.54 Å². The smallest absolute Gasteiger partial charge is 0.329 e. The van der Waals surface area contributed by atoms with Gasteiger partial charge in [0.25, 0.3) is 5.91 Å². The fraction of sp³-hybridized carbons (Fsp3) is 0.111. The minimum absolute atomic E-state index is 0.194. The zero-order valence-electron chi connectivity index (χ0n) is 14.1. The SMILES string of the molecule is NC(=O)COc1ccc(/C=N\NC(=O)C(=O)NCc2ccc(Cl)cc2)cc1. The van der Waals surface area contributed by atoms with Crippen LogP contribution in [0.5, 0.6) is 5.75 Å². The molecule has 0 saturated heterocycles. The van der Waals surface area contributed by atoms with Crippen LogP contribution in [0.1, 0.15) is 11.1 Å². The predicted octanol–water partition coefficient (Wildman–Crippen LogP) is 0.971. The quantitative estimate of drug-likeness (QED) is 0.371. The van der Waals surface area contributed by atoms with Gasteiger partial charge in [-0.25, -0.2) is 5.43 Å². The lowest BCUT2D eigenvalue weighted by Crippen LogP contribution is -2.37. The Morgan fingerprint density at radius 2 is 1.70 bits per heavy atom. The van der Waals surface area contributed by atoms with E-state index in [1.807, 2.05) is 0 Å². The summed E-state index contributed by atoms with van der Waals surface area (Å²) in [6.07, 6.45) is 1.36. The van der Waals surface area contributed by atoms with Gasteiger partial charge in [0.2, 0.25) is 0 Å². The Morgan fingerprint density at radius 1 is 1.04 bits per heavy atom. The minimum atomic E-state index is -0.887. The van der Waals surface area contributed by atoms with Crippen molar-refractivity contribution in [3.8, 4) is 5.75 Å². The molecular formula is C18H17ClN4O4. The highest BCUT2D eigenvalue weighted by Gasteiger charge is 2.11. The second kappa shape index (κ2) is 9.93. The molecule has 3 amide bonds. The third-order valence-electron chi connectivity index (χ3n) is 3.21. The summed E-state index contributed by atoms with van der Waals surface area (Å²) >= 11 is 5.78. The van der Waals surface area contributed by atoms with Crippen molar-refractivity contribution in [3.05, 3.63) is 64.7 Å². The van der Waals surface area contributed by atoms with Gasteiger partial charge in [-0.2, -0.15) is 5.10 Å². The summed E-state index contributed by atoms with van der Waals surface area (Å²) < 4.78 is 5.12. The summed E-state index contributed by atoms with van der Waals surface area (Å²) in [7, 11) is 0. The molecule has 2 rings (SSSR count). The number of nitrogens with two attached hydrogens (primary N) is 1. The molecule has 0 aliphatic heterocycles. The molecule has 0 unspecified atom stereocenters. The fourth-order valence-electron chi connectivity index (χ4n) is 1.89. The standard InChI is InChI=1S/C18H17ClN4O4/c19-14-5-1-12(2-6-14)9-21-17(25)18(26)23-22-10-13-3-7-15(8-4-13)27-11-16(20)24/h1-8,10H,9,11H2,(H2,20,24)(H,21,25)(H,23,26)/b22-10-. The first kappa shape index (κ1) is 19.9. The van der Waals surface area contributed by atoms with Crippen LogP contribution < -0.4 is 21.2 Å². The number of amides is 3. The lowest BCUT2D eigenvalue weighted by molar-refractivity contribution is -0.139. The van der Waals surface area contributed by atoms with E-state index in [0.29, 0.717) is 16.3 Å². The van der Waals surface area contributed by atoms with E-state index in [2.05, 4.69) is 15.8 Å². The number of nitrogens with zero attached hydrogens (tertiary/aromatic N) is 1. The van der Waals surface area contributed by atoms with Gasteiger partial charge in [-0.15, -0.1) is 0 Å².